The van der Waals surface area contributed by atoms with Crippen molar-refractivity contribution in [1.29, 1.82) is 0 Å². The Labute approximate surface area is 138 Å². The lowest BCUT2D eigenvalue weighted by Crippen LogP contribution is -2.60. The predicted molar refractivity (Wildman–Crippen MR) is 89.0 cm³/mol. The molecule has 126 valence electrons. The summed E-state index contributed by atoms with van der Waals surface area (Å²) in [5.74, 6) is 0.572. The summed E-state index contributed by atoms with van der Waals surface area (Å²) in [4.78, 5) is 12.5. The fraction of sp³-hybridized carbons (Fsp3) is 0.750. The molecule has 1 aliphatic heterocycles. The number of fused-ring (bicyclic) bond motifs is 4. The maximum atomic E-state index is 12.5. The van der Waals surface area contributed by atoms with E-state index in [1.165, 1.54) is 0 Å². The predicted octanol–water partition coefficient (Wildman–Crippen LogP) is 4.20. The summed E-state index contributed by atoms with van der Waals surface area (Å²) in [6.45, 7) is 11.4. The van der Waals surface area contributed by atoms with Gasteiger partial charge >= 0.3 is 0 Å². The molecule has 0 bridgehead atoms. The number of epoxide rings is 1. The second-order valence-corrected chi connectivity index (χ2v) is 9.20. The molecule has 0 radical (unpaired) electrons. The van der Waals surface area contributed by atoms with Crippen LogP contribution >= 0.6 is 0 Å². The molecular formula is C20H28O3. The van der Waals surface area contributed by atoms with Crippen molar-refractivity contribution in [1.82, 2.24) is 0 Å². The third-order valence-electron chi connectivity index (χ3n) is 8.06. The van der Waals surface area contributed by atoms with Gasteiger partial charge in [0, 0.05) is 5.41 Å². The van der Waals surface area contributed by atoms with Gasteiger partial charge in [0.2, 0.25) is 5.78 Å². The number of Topliss-reactive ketones (excluding diaryl/α,β-unsaturated/α-hetero) is 1. The van der Waals surface area contributed by atoms with Crippen LogP contribution in [0.4, 0.5) is 0 Å². The van der Waals surface area contributed by atoms with Gasteiger partial charge in [0.15, 0.2) is 11.4 Å². The van der Waals surface area contributed by atoms with Gasteiger partial charge in [0.05, 0.1) is 6.61 Å². The molecule has 3 aliphatic carbocycles. The Morgan fingerprint density at radius 1 is 1.30 bits per heavy atom. The molecule has 0 aromatic rings. The summed E-state index contributed by atoms with van der Waals surface area (Å²) in [5.41, 5.74) is -0.571. The minimum absolute atomic E-state index is 0.0658. The van der Waals surface area contributed by atoms with E-state index in [-0.39, 0.29) is 33.7 Å². The molecular weight excluding hydrogens is 288 g/mol. The largest absolute Gasteiger partial charge is 0.505 e. The smallest absolute Gasteiger partial charge is 0.231 e. The van der Waals surface area contributed by atoms with Gasteiger partial charge < -0.3 is 9.84 Å². The first kappa shape index (κ1) is 15.4. The first-order chi connectivity index (χ1) is 10.7. The van der Waals surface area contributed by atoms with Crippen LogP contribution in [0.3, 0.4) is 0 Å². The molecule has 6 atom stereocenters. The molecule has 0 aromatic carbocycles. The molecule has 3 nitrogen and oxygen atoms in total. The highest BCUT2D eigenvalue weighted by Crippen LogP contribution is 2.69. The molecule has 4 rings (SSSR count). The zero-order valence-electron chi connectivity index (χ0n) is 14.5. The Kier molecular flexibility index (Phi) is 2.89. The van der Waals surface area contributed by atoms with Crippen LogP contribution in [0.15, 0.2) is 24.5 Å². The van der Waals surface area contributed by atoms with E-state index >= 15 is 0 Å². The normalized spacial score (nSPS) is 54.9. The van der Waals surface area contributed by atoms with Crippen LogP contribution in [-0.2, 0) is 9.53 Å². The number of aliphatic hydroxyl groups excluding tert-OH is 1. The van der Waals surface area contributed by atoms with Crippen LogP contribution < -0.4 is 0 Å². The Bertz CT molecular complexity index is 616. The second kappa shape index (κ2) is 4.30. The van der Waals surface area contributed by atoms with Crippen molar-refractivity contribution in [3.8, 4) is 0 Å². The first-order valence-corrected chi connectivity index (χ1v) is 8.94. The maximum Gasteiger partial charge on any atom is 0.231 e. The van der Waals surface area contributed by atoms with Crippen molar-refractivity contribution in [2.75, 3.05) is 6.61 Å². The summed E-state index contributed by atoms with van der Waals surface area (Å²) < 4.78 is 5.71. The van der Waals surface area contributed by atoms with Crippen molar-refractivity contribution in [2.24, 2.45) is 28.1 Å². The van der Waals surface area contributed by atoms with Crippen LogP contribution in [0, 0.1) is 28.1 Å². The van der Waals surface area contributed by atoms with Crippen molar-refractivity contribution in [3.05, 3.63) is 24.5 Å². The number of hydrogen-bond donors (Lipinski definition) is 1. The van der Waals surface area contributed by atoms with Crippen LogP contribution in [0.25, 0.3) is 0 Å². The molecule has 1 heterocycles. The van der Waals surface area contributed by atoms with Gasteiger partial charge in [-0.15, -0.1) is 6.58 Å². The third-order valence-corrected chi connectivity index (χ3v) is 8.06. The topological polar surface area (TPSA) is 49.8 Å². The van der Waals surface area contributed by atoms with E-state index in [1.807, 2.05) is 6.08 Å². The van der Waals surface area contributed by atoms with Gasteiger partial charge in [-0.1, -0.05) is 26.8 Å². The monoisotopic (exact) mass is 316 g/mol. The van der Waals surface area contributed by atoms with Crippen LogP contribution in [0.5, 0.6) is 0 Å². The molecule has 0 amide bonds. The van der Waals surface area contributed by atoms with Crippen molar-refractivity contribution >= 4 is 5.78 Å². The van der Waals surface area contributed by atoms with E-state index in [0.29, 0.717) is 12.5 Å². The van der Waals surface area contributed by atoms with Gasteiger partial charge in [0.25, 0.3) is 0 Å². The van der Waals surface area contributed by atoms with Gasteiger partial charge in [-0.05, 0) is 60.8 Å². The number of allylic oxidation sites excluding steroid dienone is 2. The Hall–Kier alpha value is -1.09. The second-order valence-electron chi connectivity index (χ2n) is 9.20. The van der Waals surface area contributed by atoms with Gasteiger partial charge in [-0.25, -0.2) is 0 Å². The zero-order chi connectivity index (χ0) is 16.7. The highest BCUT2D eigenvalue weighted by molar-refractivity contribution is 6.03. The lowest BCUT2D eigenvalue weighted by atomic mass is 9.42. The zero-order valence-corrected chi connectivity index (χ0v) is 14.5. The first-order valence-electron chi connectivity index (χ1n) is 8.94. The quantitative estimate of drug-likeness (QED) is 0.583. The maximum absolute atomic E-state index is 12.5. The van der Waals surface area contributed by atoms with Crippen molar-refractivity contribution < 1.29 is 14.6 Å². The summed E-state index contributed by atoms with van der Waals surface area (Å²) in [6, 6.07) is 0. The van der Waals surface area contributed by atoms with Gasteiger partial charge in [-0.2, -0.15) is 0 Å². The molecule has 4 aliphatic rings. The number of rotatable bonds is 1. The number of ether oxygens (including phenoxy) is 1. The minimum Gasteiger partial charge on any atom is -0.505 e. The number of carbonyl (C=O) groups excluding carboxylic acids is 1. The molecule has 2 saturated carbocycles. The standard InChI is InChI=1S/C20H28O3/c1-5-17(2)8-9-18(3)13(11-17)6-7-19(4)15(18)10-14(21)16(22)20(19)12-23-20/h5,10,13,15,21H,1,6-9,11-12H2,2-4H3/t13-,15+,17-,18-,19-,20+/m0/s1. The SMILES string of the molecule is C=C[C@@]1(C)CC[C@@]2(C)[C@@H](CC[C@@]3(C)[C@@H]2C=C(O)C(=O)[C@]32CO2)C1. The average molecular weight is 316 g/mol. The summed E-state index contributed by atoms with van der Waals surface area (Å²) in [5, 5.41) is 10.3. The number of aliphatic hydroxyl groups is 1. The molecule has 3 fully saturated rings. The fourth-order valence-electron chi connectivity index (χ4n) is 6.10. The number of ketones is 1. The van der Waals surface area contributed by atoms with Crippen LogP contribution in [0.1, 0.15) is 52.9 Å². The van der Waals surface area contributed by atoms with E-state index < -0.39 is 5.60 Å². The van der Waals surface area contributed by atoms with E-state index in [2.05, 4.69) is 33.4 Å². The fourth-order valence-corrected chi connectivity index (χ4v) is 6.10. The third kappa shape index (κ3) is 1.72. The highest BCUT2D eigenvalue weighted by atomic mass is 16.6. The van der Waals surface area contributed by atoms with Gasteiger partial charge in [0.1, 0.15) is 0 Å². The summed E-state index contributed by atoms with van der Waals surface area (Å²) >= 11 is 0. The highest BCUT2D eigenvalue weighted by Gasteiger charge is 2.73. The molecule has 1 spiro atoms. The molecule has 0 unspecified atom stereocenters. The van der Waals surface area contributed by atoms with E-state index in [9.17, 15) is 9.90 Å². The Morgan fingerprint density at radius 3 is 2.61 bits per heavy atom. The number of carbonyl (C=O) groups is 1. The molecule has 0 aromatic heterocycles. The average Bonchev–Trinajstić information content (AvgIpc) is 3.32. The van der Waals surface area contributed by atoms with E-state index in [1.54, 1.807) is 0 Å². The lowest BCUT2D eigenvalue weighted by molar-refractivity contribution is -0.147. The molecule has 1 saturated heterocycles. The summed E-state index contributed by atoms with van der Waals surface area (Å²) in [6.07, 6.45) is 9.55. The lowest BCUT2D eigenvalue weighted by Gasteiger charge is -2.61. The van der Waals surface area contributed by atoms with Gasteiger partial charge in [-0.3, -0.25) is 4.79 Å². The van der Waals surface area contributed by atoms with Crippen molar-refractivity contribution in [2.45, 2.75) is 58.5 Å². The van der Waals surface area contributed by atoms with E-state index in [4.69, 9.17) is 4.74 Å². The Morgan fingerprint density at radius 2 is 2.00 bits per heavy atom. The van der Waals surface area contributed by atoms with Crippen molar-refractivity contribution in [3.63, 3.8) is 0 Å². The number of hydrogen-bond acceptors (Lipinski definition) is 3. The van der Waals surface area contributed by atoms with Crippen LogP contribution in [0.2, 0.25) is 0 Å². The molecule has 1 N–H and O–H groups in total. The molecule has 3 heteroatoms. The summed E-state index contributed by atoms with van der Waals surface area (Å²) in [7, 11) is 0. The Balaban J connectivity index is 1.77. The van der Waals surface area contributed by atoms with E-state index in [0.717, 1.165) is 32.1 Å². The minimum atomic E-state index is -0.746. The van der Waals surface area contributed by atoms with Crippen LogP contribution in [-0.4, -0.2) is 23.1 Å². The molecule has 23 heavy (non-hydrogen) atoms.